The third-order valence-corrected chi connectivity index (χ3v) is 6.24. The first-order chi connectivity index (χ1) is 15.0. The molecule has 0 aliphatic carbocycles. The minimum atomic E-state index is -0.566. The Kier molecular flexibility index (Phi) is 5.33. The predicted octanol–water partition coefficient (Wildman–Crippen LogP) is 3.20. The number of likely N-dealkylation sites (tertiary alicyclic amines) is 1. The molecule has 0 radical (unpaired) electrons. The van der Waals surface area contributed by atoms with E-state index in [1.54, 1.807) is 18.2 Å². The van der Waals surface area contributed by atoms with Crippen LogP contribution in [0.2, 0.25) is 0 Å². The lowest BCUT2D eigenvalue weighted by atomic mass is 9.87. The van der Waals surface area contributed by atoms with Crippen molar-refractivity contribution in [3.8, 4) is 0 Å². The van der Waals surface area contributed by atoms with E-state index < -0.39 is 11.9 Å². The van der Waals surface area contributed by atoms with Crippen molar-refractivity contribution in [3.63, 3.8) is 0 Å². The van der Waals surface area contributed by atoms with Gasteiger partial charge in [0.25, 0.3) is 0 Å². The van der Waals surface area contributed by atoms with Crippen LogP contribution in [0.4, 0.5) is 4.39 Å². The number of benzene rings is 2. The van der Waals surface area contributed by atoms with Gasteiger partial charge in [0.1, 0.15) is 11.9 Å². The average molecular weight is 425 g/mol. The second kappa shape index (κ2) is 8.28. The smallest absolute Gasteiger partial charge is 0.408 e. The monoisotopic (exact) mass is 425 g/mol. The maximum atomic E-state index is 13.1. The van der Waals surface area contributed by atoms with E-state index in [4.69, 9.17) is 9.25 Å². The molecule has 5 rings (SSSR count). The van der Waals surface area contributed by atoms with Crippen molar-refractivity contribution in [1.82, 2.24) is 9.88 Å². The van der Waals surface area contributed by atoms with Crippen LogP contribution in [0.25, 0.3) is 11.1 Å². The van der Waals surface area contributed by atoms with Gasteiger partial charge in [0.05, 0.1) is 17.3 Å². The van der Waals surface area contributed by atoms with Crippen molar-refractivity contribution in [2.75, 3.05) is 19.6 Å². The molecule has 2 N–H and O–H groups in total. The van der Waals surface area contributed by atoms with Gasteiger partial charge in [-0.25, -0.2) is 9.18 Å². The maximum absolute atomic E-state index is 13.1. The Hall–Kier alpha value is -2.97. The van der Waals surface area contributed by atoms with Gasteiger partial charge in [0, 0.05) is 18.5 Å². The Bertz CT molecular complexity index is 1150. The van der Waals surface area contributed by atoms with Crippen LogP contribution in [0.1, 0.15) is 36.5 Å². The third kappa shape index (κ3) is 4.26. The van der Waals surface area contributed by atoms with Crippen molar-refractivity contribution in [1.29, 1.82) is 0 Å². The second-order valence-corrected chi connectivity index (χ2v) is 8.33. The lowest BCUT2D eigenvalue weighted by Gasteiger charge is -2.35. The van der Waals surface area contributed by atoms with Crippen LogP contribution in [-0.2, 0) is 4.84 Å². The molecule has 1 aromatic heterocycles. The SMILES string of the molecule is O=c1[nH]c2ccc(C3=NOC(CN4CCC(C(O)c5ccc(F)cc5)CC4)C3)cc2o1. The number of halogens is 1. The highest BCUT2D eigenvalue weighted by atomic mass is 19.1. The number of fused-ring (bicyclic) bond motifs is 1. The number of nitrogens with one attached hydrogen (secondary N) is 1. The van der Waals surface area contributed by atoms with Gasteiger partial charge in [-0.1, -0.05) is 23.4 Å². The molecule has 0 bridgehead atoms. The summed E-state index contributed by atoms with van der Waals surface area (Å²) in [5.74, 6) is -0.593. The van der Waals surface area contributed by atoms with E-state index in [0.717, 1.165) is 49.3 Å². The van der Waals surface area contributed by atoms with E-state index in [-0.39, 0.29) is 17.8 Å². The molecule has 3 aromatic rings. The topological polar surface area (TPSA) is 91.1 Å². The van der Waals surface area contributed by atoms with Gasteiger partial charge in [-0.3, -0.25) is 9.88 Å². The summed E-state index contributed by atoms with van der Waals surface area (Å²) in [4.78, 5) is 22.0. The molecular formula is C23H24FN3O4. The van der Waals surface area contributed by atoms with Gasteiger partial charge in [-0.15, -0.1) is 0 Å². The summed E-state index contributed by atoms with van der Waals surface area (Å²) < 4.78 is 18.2. The molecule has 162 valence electrons. The summed E-state index contributed by atoms with van der Waals surface area (Å²) in [5, 5.41) is 14.9. The van der Waals surface area contributed by atoms with Crippen LogP contribution in [-0.4, -0.2) is 46.4 Å². The number of hydrogen-bond acceptors (Lipinski definition) is 6. The van der Waals surface area contributed by atoms with E-state index in [1.165, 1.54) is 12.1 Å². The Morgan fingerprint density at radius 2 is 1.97 bits per heavy atom. The molecule has 0 spiro atoms. The predicted molar refractivity (Wildman–Crippen MR) is 113 cm³/mol. The zero-order valence-electron chi connectivity index (χ0n) is 17.0. The molecule has 8 heteroatoms. The second-order valence-electron chi connectivity index (χ2n) is 8.33. The van der Waals surface area contributed by atoms with E-state index >= 15 is 0 Å². The fraction of sp³-hybridized carbons (Fsp3) is 0.391. The Morgan fingerprint density at radius 1 is 1.19 bits per heavy atom. The highest BCUT2D eigenvalue weighted by Crippen LogP contribution is 2.31. The van der Waals surface area contributed by atoms with Crippen LogP contribution >= 0.6 is 0 Å². The number of aromatic amines is 1. The summed E-state index contributed by atoms with van der Waals surface area (Å²) in [6.07, 6.45) is 1.86. The lowest BCUT2D eigenvalue weighted by Crippen LogP contribution is -2.40. The van der Waals surface area contributed by atoms with Crippen LogP contribution in [0.5, 0.6) is 0 Å². The first-order valence-corrected chi connectivity index (χ1v) is 10.6. The molecule has 2 aliphatic heterocycles. The summed E-state index contributed by atoms with van der Waals surface area (Å²) in [7, 11) is 0. The third-order valence-electron chi connectivity index (χ3n) is 6.24. The fourth-order valence-corrected chi connectivity index (χ4v) is 4.49. The van der Waals surface area contributed by atoms with Crippen molar-refractivity contribution in [2.24, 2.45) is 11.1 Å². The molecule has 2 atom stereocenters. The van der Waals surface area contributed by atoms with Crippen LogP contribution in [0, 0.1) is 11.7 Å². The van der Waals surface area contributed by atoms with Gasteiger partial charge in [-0.05, 0) is 61.7 Å². The molecule has 7 nitrogen and oxygen atoms in total. The molecule has 1 fully saturated rings. The zero-order chi connectivity index (χ0) is 21.4. The van der Waals surface area contributed by atoms with Crippen LogP contribution in [0.3, 0.4) is 0 Å². The van der Waals surface area contributed by atoms with E-state index in [9.17, 15) is 14.3 Å². The molecule has 1 saturated heterocycles. The molecular weight excluding hydrogens is 401 g/mol. The summed E-state index contributed by atoms with van der Waals surface area (Å²) in [6.45, 7) is 2.52. The average Bonchev–Trinajstić information content (AvgIpc) is 3.39. The fourth-order valence-electron chi connectivity index (χ4n) is 4.49. The molecule has 0 amide bonds. The number of aliphatic hydroxyl groups excluding tert-OH is 1. The van der Waals surface area contributed by atoms with Gasteiger partial charge >= 0.3 is 5.76 Å². The first kappa shape index (κ1) is 20.0. The lowest BCUT2D eigenvalue weighted by molar-refractivity contribution is 0.0213. The number of aliphatic hydroxyl groups is 1. The Labute approximate surface area is 178 Å². The number of nitrogens with zero attached hydrogens (tertiary/aromatic N) is 2. The van der Waals surface area contributed by atoms with E-state index in [0.29, 0.717) is 17.5 Å². The number of H-pyrrole nitrogens is 1. The number of oxazole rings is 1. The number of aromatic nitrogens is 1. The van der Waals surface area contributed by atoms with Crippen LogP contribution < -0.4 is 5.76 Å². The minimum absolute atomic E-state index is 0.0255. The first-order valence-electron chi connectivity index (χ1n) is 10.6. The van der Waals surface area contributed by atoms with Crippen molar-refractivity contribution >= 4 is 16.8 Å². The molecule has 0 saturated carbocycles. The summed E-state index contributed by atoms with van der Waals surface area (Å²) in [5.41, 5.74) is 3.68. The highest BCUT2D eigenvalue weighted by molar-refractivity contribution is 6.03. The van der Waals surface area contributed by atoms with Gasteiger partial charge in [0.2, 0.25) is 0 Å². The normalized spacial score (nSPS) is 21.2. The van der Waals surface area contributed by atoms with Crippen molar-refractivity contribution < 1.29 is 18.8 Å². The summed E-state index contributed by atoms with van der Waals surface area (Å²) in [6, 6.07) is 11.6. The van der Waals surface area contributed by atoms with Gasteiger partial charge in [0.15, 0.2) is 5.58 Å². The van der Waals surface area contributed by atoms with E-state index in [2.05, 4.69) is 15.0 Å². The standard InChI is InChI=1S/C23H24FN3O4/c24-17-4-1-14(2-5-17)22(28)15-7-9-27(10-8-15)13-18-12-20(26-31-18)16-3-6-19-21(11-16)30-23(29)25-19/h1-6,11,15,18,22,28H,7-10,12-13H2,(H,25,29). The number of rotatable bonds is 5. The van der Waals surface area contributed by atoms with Crippen molar-refractivity contribution in [3.05, 3.63) is 70.0 Å². The molecule has 2 aromatic carbocycles. The highest BCUT2D eigenvalue weighted by Gasteiger charge is 2.30. The maximum Gasteiger partial charge on any atom is 0.417 e. The number of piperidine rings is 1. The van der Waals surface area contributed by atoms with Gasteiger partial charge < -0.3 is 14.4 Å². The Balaban J connectivity index is 1.13. The molecule has 2 aliphatic rings. The summed E-state index contributed by atoms with van der Waals surface area (Å²) >= 11 is 0. The van der Waals surface area contributed by atoms with E-state index in [1.807, 2.05) is 12.1 Å². The quantitative estimate of drug-likeness (QED) is 0.655. The molecule has 3 heterocycles. The molecule has 31 heavy (non-hydrogen) atoms. The van der Waals surface area contributed by atoms with Crippen LogP contribution in [0.15, 0.2) is 56.8 Å². The number of hydrogen-bond donors (Lipinski definition) is 2. The Morgan fingerprint density at radius 3 is 2.74 bits per heavy atom. The molecule has 2 unspecified atom stereocenters. The zero-order valence-corrected chi connectivity index (χ0v) is 17.0. The number of oxime groups is 1. The van der Waals surface area contributed by atoms with Gasteiger partial charge in [-0.2, -0.15) is 0 Å². The minimum Gasteiger partial charge on any atom is -0.408 e. The van der Waals surface area contributed by atoms with Crippen molar-refractivity contribution in [2.45, 2.75) is 31.5 Å². The largest absolute Gasteiger partial charge is 0.417 e.